The number of ether oxygens (including phenoxy) is 1. The van der Waals surface area contributed by atoms with Gasteiger partial charge in [0.05, 0.1) is 36.5 Å². The molecule has 0 radical (unpaired) electrons. The fourth-order valence-electron chi connectivity index (χ4n) is 3.10. The number of aliphatic hydroxyl groups excluding tert-OH is 1. The predicted octanol–water partition coefficient (Wildman–Crippen LogP) is 0.915. The fourth-order valence-corrected chi connectivity index (χ4v) is 3.10. The van der Waals surface area contributed by atoms with E-state index in [1.807, 2.05) is 7.05 Å². The first-order valence-electron chi connectivity index (χ1n) is 5.88. The molecule has 0 amide bonds. The lowest BCUT2D eigenvalue weighted by molar-refractivity contribution is -0.000125. The van der Waals surface area contributed by atoms with Gasteiger partial charge in [-0.3, -0.25) is 0 Å². The van der Waals surface area contributed by atoms with Gasteiger partial charge in [0.25, 0.3) is 0 Å². The maximum atomic E-state index is 10.5. The zero-order chi connectivity index (χ0) is 12.0. The Morgan fingerprint density at radius 2 is 2.53 bits per heavy atom. The Kier molecular flexibility index (Phi) is 2.25. The Bertz CT molecular complexity index is 478. The molecule has 17 heavy (non-hydrogen) atoms. The van der Waals surface area contributed by atoms with Gasteiger partial charge in [-0.1, -0.05) is 0 Å². The fraction of sp³-hybridized carbons (Fsp3) is 0.667. The SMILES string of the molecule is Cn1cncc1C(O)C1(C#N)CC2CCC1O2. The van der Waals surface area contributed by atoms with Gasteiger partial charge in [-0.2, -0.15) is 5.26 Å². The minimum absolute atomic E-state index is 0.137. The highest BCUT2D eigenvalue weighted by molar-refractivity contribution is 5.21. The normalized spacial score (nSPS) is 37.0. The van der Waals surface area contributed by atoms with E-state index in [9.17, 15) is 10.4 Å². The van der Waals surface area contributed by atoms with Crippen molar-refractivity contribution >= 4 is 0 Å². The Morgan fingerprint density at radius 1 is 1.71 bits per heavy atom. The molecular formula is C12H15N3O2. The van der Waals surface area contributed by atoms with Crippen LogP contribution >= 0.6 is 0 Å². The number of rotatable bonds is 2. The zero-order valence-electron chi connectivity index (χ0n) is 9.71. The maximum absolute atomic E-state index is 10.5. The van der Waals surface area contributed by atoms with E-state index in [0.29, 0.717) is 12.1 Å². The number of imidazole rings is 1. The average molecular weight is 233 g/mol. The predicted molar refractivity (Wildman–Crippen MR) is 58.7 cm³/mol. The van der Waals surface area contributed by atoms with Gasteiger partial charge in [0.2, 0.25) is 0 Å². The molecule has 2 aliphatic rings. The summed E-state index contributed by atoms with van der Waals surface area (Å²) in [6, 6.07) is 2.31. The van der Waals surface area contributed by atoms with Crippen molar-refractivity contribution in [1.29, 1.82) is 5.26 Å². The third-order valence-corrected chi connectivity index (χ3v) is 4.08. The number of aliphatic hydroxyl groups is 1. The minimum Gasteiger partial charge on any atom is -0.385 e. The highest BCUT2D eigenvalue weighted by Crippen LogP contribution is 2.53. The molecule has 0 spiro atoms. The molecule has 1 N–H and O–H groups in total. The van der Waals surface area contributed by atoms with Gasteiger partial charge in [0, 0.05) is 7.05 Å². The number of hydrogen-bond acceptors (Lipinski definition) is 4. The van der Waals surface area contributed by atoms with Gasteiger partial charge in [-0.15, -0.1) is 0 Å². The molecule has 2 aliphatic heterocycles. The molecule has 3 heterocycles. The van der Waals surface area contributed by atoms with Crippen LogP contribution in [0.3, 0.4) is 0 Å². The van der Waals surface area contributed by atoms with Crippen molar-refractivity contribution in [2.75, 3.05) is 0 Å². The largest absolute Gasteiger partial charge is 0.385 e. The van der Waals surface area contributed by atoms with Gasteiger partial charge >= 0.3 is 0 Å². The van der Waals surface area contributed by atoms with E-state index in [1.54, 1.807) is 17.1 Å². The third kappa shape index (κ3) is 1.34. The van der Waals surface area contributed by atoms with Crippen molar-refractivity contribution in [2.45, 2.75) is 37.6 Å². The Balaban J connectivity index is 1.97. The summed E-state index contributed by atoms with van der Waals surface area (Å²) in [7, 11) is 1.82. The Labute approximate surface area is 99.6 Å². The van der Waals surface area contributed by atoms with Crippen molar-refractivity contribution in [3.63, 3.8) is 0 Å². The number of nitriles is 1. The topological polar surface area (TPSA) is 71.1 Å². The van der Waals surface area contributed by atoms with E-state index in [0.717, 1.165) is 12.8 Å². The molecule has 1 aromatic heterocycles. The van der Waals surface area contributed by atoms with Crippen molar-refractivity contribution in [1.82, 2.24) is 9.55 Å². The van der Waals surface area contributed by atoms with E-state index in [4.69, 9.17) is 4.74 Å². The highest BCUT2D eigenvalue weighted by Gasteiger charge is 2.57. The molecule has 2 fully saturated rings. The molecule has 0 saturated carbocycles. The smallest absolute Gasteiger partial charge is 0.117 e. The number of fused-ring (bicyclic) bond motifs is 2. The molecule has 3 rings (SSSR count). The molecule has 2 bridgehead atoms. The van der Waals surface area contributed by atoms with E-state index in [-0.39, 0.29) is 12.2 Å². The van der Waals surface area contributed by atoms with Crippen molar-refractivity contribution in [2.24, 2.45) is 12.5 Å². The van der Waals surface area contributed by atoms with Gasteiger partial charge in [-0.25, -0.2) is 4.98 Å². The molecule has 0 aliphatic carbocycles. The van der Waals surface area contributed by atoms with Crippen LogP contribution in [0.4, 0.5) is 0 Å². The summed E-state index contributed by atoms with van der Waals surface area (Å²) >= 11 is 0. The molecular weight excluding hydrogens is 218 g/mol. The summed E-state index contributed by atoms with van der Waals surface area (Å²) in [6.07, 6.45) is 4.94. The standard InChI is InChI=1S/C12H15N3O2/c1-15-7-14-5-9(15)11(16)12(6-13)4-8-2-3-10(12)17-8/h5,7-8,10-11,16H,2-4H2,1H3. The lowest BCUT2D eigenvalue weighted by atomic mass is 9.70. The summed E-state index contributed by atoms with van der Waals surface area (Å²) in [5, 5.41) is 20.0. The molecule has 1 aromatic rings. The lowest BCUT2D eigenvalue weighted by Gasteiger charge is -2.32. The number of aromatic nitrogens is 2. The van der Waals surface area contributed by atoms with Crippen molar-refractivity contribution < 1.29 is 9.84 Å². The van der Waals surface area contributed by atoms with Gasteiger partial charge in [0.1, 0.15) is 11.5 Å². The van der Waals surface area contributed by atoms with Gasteiger partial charge < -0.3 is 14.4 Å². The van der Waals surface area contributed by atoms with Crippen LogP contribution in [0.5, 0.6) is 0 Å². The van der Waals surface area contributed by atoms with Crippen LogP contribution in [-0.2, 0) is 11.8 Å². The molecule has 5 heteroatoms. The molecule has 90 valence electrons. The molecule has 4 unspecified atom stereocenters. The zero-order valence-corrected chi connectivity index (χ0v) is 9.71. The maximum Gasteiger partial charge on any atom is 0.117 e. The Hall–Kier alpha value is -1.38. The summed E-state index contributed by atoms with van der Waals surface area (Å²) in [5.41, 5.74) is -0.112. The van der Waals surface area contributed by atoms with Crippen LogP contribution in [0.2, 0.25) is 0 Å². The minimum atomic E-state index is -0.824. The quantitative estimate of drug-likeness (QED) is 0.824. The molecule has 5 nitrogen and oxygen atoms in total. The first-order valence-corrected chi connectivity index (χ1v) is 5.88. The van der Waals surface area contributed by atoms with Gasteiger partial charge in [0.15, 0.2) is 0 Å². The Morgan fingerprint density at radius 3 is 3.00 bits per heavy atom. The van der Waals surface area contributed by atoms with E-state index in [2.05, 4.69) is 11.1 Å². The molecule has 4 atom stereocenters. The van der Waals surface area contributed by atoms with E-state index < -0.39 is 11.5 Å². The molecule has 0 aromatic carbocycles. The van der Waals surface area contributed by atoms with Crippen molar-refractivity contribution in [3.05, 3.63) is 18.2 Å². The summed E-state index contributed by atoms with van der Waals surface area (Å²) in [4.78, 5) is 3.99. The average Bonchev–Trinajstić information content (AvgIpc) is 3.02. The monoisotopic (exact) mass is 233 g/mol. The van der Waals surface area contributed by atoms with E-state index in [1.165, 1.54) is 0 Å². The van der Waals surface area contributed by atoms with Crippen molar-refractivity contribution in [3.8, 4) is 6.07 Å². The second-order valence-corrected chi connectivity index (χ2v) is 5.01. The highest BCUT2D eigenvalue weighted by atomic mass is 16.5. The summed E-state index contributed by atoms with van der Waals surface area (Å²) in [5.74, 6) is 0. The first-order chi connectivity index (χ1) is 8.17. The third-order valence-electron chi connectivity index (χ3n) is 4.08. The summed E-state index contributed by atoms with van der Waals surface area (Å²) < 4.78 is 7.49. The van der Waals surface area contributed by atoms with Gasteiger partial charge in [-0.05, 0) is 19.3 Å². The van der Waals surface area contributed by atoms with E-state index >= 15 is 0 Å². The number of aryl methyl sites for hydroxylation is 1. The lowest BCUT2D eigenvalue weighted by Crippen LogP contribution is -2.37. The van der Waals surface area contributed by atoms with Crippen LogP contribution < -0.4 is 0 Å². The van der Waals surface area contributed by atoms with Crippen LogP contribution in [0, 0.1) is 16.7 Å². The van der Waals surface area contributed by atoms with Crippen LogP contribution in [0.25, 0.3) is 0 Å². The number of nitrogens with zero attached hydrogens (tertiary/aromatic N) is 3. The number of hydrogen-bond donors (Lipinski definition) is 1. The molecule has 2 saturated heterocycles. The second kappa shape index (κ2) is 3.56. The van der Waals surface area contributed by atoms with Crippen LogP contribution in [0.15, 0.2) is 12.5 Å². The summed E-state index contributed by atoms with van der Waals surface area (Å²) in [6.45, 7) is 0. The second-order valence-electron chi connectivity index (χ2n) is 5.01. The first kappa shape index (κ1) is 10.8. The van der Waals surface area contributed by atoms with Crippen LogP contribution in [-0.4, -0.2) is 26.9 Å². The van der Waals surface area contributed by atoms with Crippen LogP contribution in [0.1, 0.15) is 31.1 Å².